The molecular weight excluding hydrogens is 202 g/mol. The molecule has 0 aliphatic carbocycles. The van der Waals surface area contributed by atoms with Crippen LogP contribution in [0.3, 0.4) is 0 Å². The number of hydrogen-bond donors (Lipinski definition) is 1. The zero-order chi connectivity index (χ0) is 11.4. The van der Waals surface area contributed by atoms with E-state index in [1.807, 2.05) is 25.0 Å². The first-order valence-corrected chi connectivity index (χ1v) is 5.94. The molecule has 4 heteroatoms. The number of aromatic nitrogens is 2. The molecule has 90 valence electrons. The molecule has 1 fully saturated rings. The number of aryl methyl sites for hydroxylation is 2. The van der Waals surface area contributed by atoms with Crippen LogP contribution in [0.2, 0.25) is 0 Å². The van der Waals surface area contributed by atoms with E-state index in [0.29, 0.717) is 5.41 Å². The van der Waals surface area contributed by atoms with Crippen LogP contribution in [0.5, 0.6) is 0 Å². The lowest BCUT2D eigenvalue weighted by atomic mass is 9.81. The van der Waals surface area contributed by atoms with Gasteiger partial charge in [-0.15, -0.1) is 0 Å². The normalized spacial score (nSPS) is 25.1. The second-order valence-corrected chi connectivity index (χ2v) is 4.86. The van der Waals surface area contributed by atoms with Crippen molar-refractivity contribution in [2.75, 3.05) is 26.8 Å². The Labute approximate surface area is 97.0 Å². The summed E-state index contributed by atoms with van der Waals surface area (Å²) in [5.41, 5.74) is 1.66. The van der Waals surface area contributed by atoms with E-state index < -0.39 is 0 Å². The van der Waals surface area contributed by atoms with Crippen LogP contribution < -0.4 is 5.32 Å². The predicted molar refractivity (Wildman–Crippen MR) is 63.3 cm³/mol. The standard InChI is InChI=1S/C12H21N3O/c1-13-9-12(5-6-16-10-12)4-3-11-7-14-15(2)8-11/h7-8,13H,3-6,9-10H2,1-2H3. The Morgan fingerprint density at radius 1 is 1.62 bits per heavy atom. The maximum Gasteiger partial charge on any atom is 0.0535 e. The largest absolute Gasteiger partial charge is 0.381 e. The fourth-order valence-electron chi connectivity index (χ4n) is 2.46. The number of hydrogen-bond acceptors (Lipinski definition) is 3. The van der Waals surface area contributed by atoms with E-state index in [-0.39, 0.29) is 0 Å². The maximum atomic E-state index is 5.55. The topological polar surface area (TPSA) is 39.1 Å². The molecule has 1 aromatic heterocycles. The second kappa shape index (κ2) is 4.97. The van der Waals surface area contributed by atoms with Crippen molar-refractivity contribution < 1.29 is 4.74 Å². The number of nitrogens with zero attached hydrogens (tertiary/aromatic N) is 2. The van der Waals surface area contributed by atoms with Gasteiger partial charge in [-0.1, -0.05) is 0 Å². The monoisotopic (exact) mass is 223 g/mol. The third-order valence-corrected chi connectivity index (χ3v) is 3.44. The average molecular weight is 223 g/mol. The van der Waals surface area contributed by atoms with Crippen LogP contribution in [-0.2, 0) is 18.2 Å². The lowest BCUT2D eigenvalue weighted by Gasteiger charge is -2.26. The van der Waals surface area contributed by atoms with Gasteiger partial charge in [-0.3, -0.25) is 4.68 Å². The van der Waals surface area contributed by atoms with E-state index in [0.717, 1.165) is 26.2 Å². The molecule has 16 heavy (non-hydrogen) atoms. The number of rotatable bonds is 5. The number of nitrogens with one attached hydrogen (secondary N) is 1. The van der Waals surface area contributed by atoms with E-state index in [9.17, 15) is 0 Å². The SMILES string of the molecule is CNCC1(CCc2cnn(C)c2)CCOC1. The molecule has 1 aromatic rings. The van der Waals surface area contributed by atoms with Gasteiger partial charge in [-0.2, -0.15) is 5.10 Å². The van der Waals surface area contributed by atoms with Crippen LogP contribution in [0.25, 0.3) is 0 Å². The lowest BCUT2D eigenvalue weighted by molar-refractivity contribution is 0.145. The average Bonchev–Trinajstić information content (AvgIpc) is 2.86. The molecule has 1 N–H and O–H groups in total. The van der Waals surface area contributed by atoms with Crippen molar-refractivity contribution in [1.29, 1.82) is 0 Å². The van der Waals surface area contributed by atoms with E-state index in [1.165, 1.54) is 18.4 Å². The fraction of sp³-hybridized carbons (Fsp3) is 0.750. The van der Waals surface area contributed by atoms with Gasteiger partial charge in [0.1, 0.15) is 0 Å². The van der Waals surface area contributed by atoms with Gasteiger partial charge >= 0.3 is 0 Å². The van der Waals surface area contributed by atoms with Crippen molar-refractivity contribution >= 4 is 0 Å². The summed E-state index contributed by atoms with van der Waals surface area (Å²) in [6, 6.07) is 0. The summed E-state index contributed by atoms with van der Waals surface area (Å²) >= 11 is 0. The molecule has 0 saturated carbocycles. The first kappa shape index (κ1) is 11.6. The molecular formula is C12H21N3O. The minimum absolute atomic E-state index is 0.338. The van der Waals surface area contributed by atoms with Gasteiger partial charge in [0.15, 0.2) is 0 Å². The lowest BCUT2D eigenvalue weighted by Crippen LogP contribution is -2.33. The van der Waals surface area contributed by atoms with Crippen LogP contribution >= 0.6 is 0 Å². The van der Waals surface area contributed by atoms with Crippen molar-refractivity contribution in [1.82, 2.24) is 15.1 Å². The molecule has 4 nitrogen and oxygen atoms in total. The van der Waals surface area contributed by atoms with Crippen LogP contribution in [-0.4, -0.2) is 36.6 Å². The summed E-state index contributed by atoms with van der Waals surface area (Å²) in [5, 5.41) is 7.49. The first-order valence-electron chi connectivity index (χ1n) is 5.94. The molecule has 1 unspecified atom stereocenters. The van der Waals surface area contributed by atoms with Crippen LogP contribution in [0.4, 0.5) is 0 Å². The van der Waals surface area contributed by atoms with E-state index in [1.54, 1.807) is 0 Å². The predicted octanol–water partition coefficient (Wildman–Crippen LogP) is 0.979. The molecule has 0 radical (unpaired) electrons. The Bertz CT molecular complexity index is 329. The van der Waals surface area contributed by atoms with Gasteiger partial charge in [0.05, 0.1) is 12.8 Å². The smallest absolute Gasteiger partial charge is 0.0535 e. The maximum absolute atomic E-state index is 5.55. The Balaban J connectivity index is 1.91. The summed E-state index contributed by atoms with van der Waals surface area (Å²) in [4.78, 5) is 0. The molecule has 1 atom stereocenters. The van der Waals surface area contributed by atoms with Gasteiger partial charge < -0.3 is 10.1 Å². The number of ether oxygens (including phenoxy) is 1. The van der Waals surface area contributed by atoms with Crippen molar-refractivity contribution in [2.45, 2.75) is 19.3 Å². The Morgan fingerprint density at radius 2 is 2.50 bits per heavy atom. The highest BCUT2D eigenvalue weighted by Crippen LogP contribution is 2.32. The van der Waals surface area contributed by atoms with Crippen LogP contribution in [0.15, 0.2) is 12.4 Å². The van der Waals surface area contributed by atoms with Crippen LogP contribution in [0.1, 0.15) is 18.4 Å². The Morgan fingerprint density at radius 3 is 3.06 bits per heavy atom. The first-order chi connectivity index (χ1) is 7.74. The van der Waals surface area contributed by atoms with Crippen molar-refractivity contribution in [3.8, 4) is 0 Å². The molecule has 0 amide bonds. The summed E-state index contributed by atoms with van der Waals surface area (Å²) < 4.78 is 7.41. The summed E-state index contributed by atoms with van der Waals surface area (Å²) in [7, 11) is 3.98. The van der Waals surface area contributed by atoms with Gasteiger partial charge in [0.25, 0.3) is 0 Å². The highest BCUT2D eigenvalue weighted by Gasteiger charge is 2.33. The molecule has 0 spiro atoms. The fourth-order valence-corrected chi connectivity index (χ4v) is 2.46. The van der Waals surface area contributed by atoms with Gasteiger partial charge in [-0.25, -0.2) is 0 Å². The van der Waals surface area contributed by atoms with E-state index in [2.05, 4.69) is 16.6 Å². The van der Waals surface area contributed by atoms with Crippen molar-refractivity contribution in [3.63, 3.8) is 0 Å². The Hall–Kier alpha value is -0.870. The van der Waals surface area contributed by atoms with Gasteiger partial charge in [0, 0.05) is 31.8 Å². The summed E-state index contributed by atoms with van der Waals surface area (Å²) in [6.07, 6.45) is 7.51. The van der Waals surface area contributed by atoms with Crippen molar-refractivity contribution in [3.05, 3.63) is 18.0 Å². The minimum Gasteiger partial charge on any atom is -0.381 e. The molecule has 0 bridgehead atoms. The highest BCUT2D eigenvalue weighted by atomic mass is 16.5. The zero-order valence-corrected chi connectivity index (χ0v) is 10.2. The molecule has 1 aliphatic rings. The van der Waals surface area contributed by atoms with E-state index in [4.69, 9.17) is 4.74 Å². The molecule has 0 aromatic carbocycles. The van der Waals surface area contributed by atoms with Crippen LogP contribution in [0, 0.1) is 5.41 Å². The quantitative estimate of drug-likeness (QED) is 0.808. The molecule has 2 heterocycles. The third-order valence-electron chi connectivity index (χ3n) is 3.44. The molecule has 1 aliphatic heterocycles. The van der Waals surface area contributed by atoms with Gasteiger partial charge in [-0.05, 0) is 31.9 Å². The second-order valence-electron chi connectivity index (χ2n) is 4.86. The zero-order valence-electron chi connectivity index (χ0n) is 10.2. The minimum atomic E-state index is 0.338. The molecule has 1 saturated heterocycles. The van der Waals surface area contributed by atoms with E-state index >= 15 is 0 Å². The van der Waals surface area contributed by atoms with Gasteiger partial charge in [0.2, 0.25) is 0 Å². The third kappa shape index (κ3) is 2.62. The summed E-state index contributed by atoms with van der Waals surface area (Å²) in [5.74, 6) is 0. The highest BCUT2D eigenvalue weighted by molar-refractivity contribution is 5.05. The Kier molecular flexibility index (Phi) is 3.61. The summed E-state index contributed by atoms with van der Waals surface area (Å²) in [6.45, 7) is 2.86. The van der Waals surface area contributed by atoms with Crippen molar-refractivity contribution in [2.24, 2.45) is 12.5 Å². The molecule has 2 rings (SSSR count).